The number of amides is 2. The van der Waals surface area contributed by atoms with Crippen LogP contribution in [0.15, 0.2) is 24.3 Å². The maximum atomic E-state index is 12.4. The third-order valence-electron chi connectivity index (χ3n) is 5.21. The van der Waals surface area contributed by atoms with E-state index in [1.165, 1.54) is 0 Å². The van der Waals surface area contributed by atoms with Crippen molar-refractivity contribution in [3.8, 4) is 11.8 Å². The number of hydrogen-bond donors (Lipinski definition) is 1. The second-order valence-corrected chi connectivity index (χ2v) is 7.32. The Hall–Kier alpha value is -2.32. The molecule has 1 aromatic carbocycles. The molecule has 2 aliphatic rings. The summed E-state index contributed by atoms with van der Waals surface area (Å²) in [5.41, 5.74) is 2.04. The molecule has 0 aromatic heterocycles. The second-order valence-electron chi connectivity index (χ2n) is 7.32. The van der Waals surface area contributed by atoms with Crippen molar-refractivity contribution in [3.63, 3.8) is 0 Å². The molecule has 3 atom stereocenters. The molecule has 2 saturated heterocycles. The summed E-state index contributed by atoms with van der Waals surface area (Å²) in [7, 11) is 0. The fourth-order valence-corrected chi connectivity index (χ4v) is 3.93. The fourth-order valence-electron chi connectivity index (χ4n) is 3.93. The molecule has 1 N–H and O–H groups in total. The molecular formula is C21H26N2O3. The number of aliphatic hydroxyl groups excluding tert-OH is 1. The van der Waals surface area contributed by atoms with Crippen molar-refractivity contribution < 1.29 is 14.7 Å². The Balaban J connectivity index is 1.81. The predicted molar refractivity (Wildman–Crippen MR) is 99.3 cm³/mol. The van der Waals surface area contributed by atoms with E-state index >= 15 is 0 Å². The topological polar surface area (TPSA) is 60.9 Å². The Morgan fingerprint density at radius 3 is 2.58 bits per heavy atom. The largest absolute Gasteiger partial charge is 0.394 e. The predicted octanol–water partition coefficient (Wildman–Crippen LogP) is 1.60. The van der Waals surface area contributed by atoms with Crippen molar-refractivity contribution >= 4 is 11.8 Å². The van der Waals surface area contributed by atoms with Gasteiger partial charge in [0.15, 0.2) is 0 Å². The molecule has 5 heteroatoms. The van der Waals surface area contributed by atoms with E-state index in [4.69, 9.17) is 0 Å². The van der Waals surface area contributed by atoms with Crippen molar-refractivity contribution in [1.82, 2.24) is 9.80 Å². The molecule has 26 heavy (non-hydrogen) atoms. The Morgan fingerprint density at radius 1 is 1.31 bits per heavy atom. The van der Waals surface area contributed by atoms with E-state index in [-0.39, 0.29) is 43.0 Å². The second kappa shape index (κ2) is 7.51. The van der Waals surface area contributed by atoms with Crippen LogP contribution in [0.3, 0.4) is 0 Å². The van der Waals surface area contributed by atoms with Crippen LogP contribution in [-0.2, 0) is 9.59 Å². The molecule has 0 unspecified atom stereocenters. The SMILES string of the molecule is CCC(=O)N1CC(=O)N2[C@H](CO)[C@@H](c3ccc(C#CC(C)C)cc3)[C@@H]2C1. The average molecular weight is 354 g/mol. The monoisotopic (exact) mass is 354 g/mol. The van der Waals surface area contributed by atoms with Crippen LogP contribution >= 0.6 is 0 Å². The summed E-state index contributed by atoms with van der Waals surface area (Å²) in [6.07, 6.45) is 0.400. The summed E-state index contributed by atoms with van der Waals surface area (Å²) in [6, 6.07) is 7.76. The van der Waals surface area contributed by atoms with Crippen LogP contribution in [0.25, 0.3) is 0 Å². The Kier molecular flexibility index (Phi) is 5.33. The summed E-state index contributed by atoms with van der Waals surface area (Å²) < 4.78 is 0. The highest BCUT2D eigenvalue weighted by Gasteiger charge is 2.54. The van der Waals surface area contributed by atoms with Gasteiger partial charge in [-0.1, -0.05) is 44.7 Å². The van der Waals surface area contributed by atoms with E-state index in [0.717, 1.165) is 11.1 Å². The number of rotatable bonds is 3. The summed E-state index contributed by atoms with van der Waals surface area (Å²) in [5, 5.41) is 9.80. The van der Waals surface area contributed by atoms with E-state index in [9.17, 15) is 14.7 Å². The average Bonchev–Trinajstić information content (AvgIpc) is 2.61. The lowest BCUT2D eigenvalue weighted by Gasteiger charge is -2.58. The van der Waals surface area contributed by atoms with Gasteiger partial charge in [0.05, 0.1) is 25.2 Å². The number of nitrogens with zero attached hydrogens (tertiary/aromatic N) is 2. The van der Waals surface area contributed by atoms with Crippen LogP contribution in [0.1, 0.15) is 44.2 Å². The number of piperazine rings is 1. The van der Waals surface area contributed by atoms with Gasteiger partial charge in [-0.15, -0.1) is 0 Å². The first-order valence-electron chi connectivity index (χ1n) is 9.27. The Bertz CT molecular complexity index is 745. The number of carbonyl (C=O) groups is 2. The summed E-state index contributed by atoms with van der Waals surface area (Å²) >= 11 is 0. The lowest BCUT2D eigenvalue weighted by atomic mass is 9.73. The molecule has 5 nitrogen and oxygen atoms in total. The molecule has 2 heterocycles. The van der Waals surface area contributed by atoms with E-state index < -0.39 is 0 Å². The Morgan fingerprint density at radius 2 is 2.00 bits per heavy atom. The highest BCUT2D eigenvalue weighted by molar-refractivity contribution is 5.87. The van der Waals surface area contributed by atoms with Gasteiger partial charge in [0.2, 0.25) is 11.8 Å². The smallest absolute Gasteiger partial charge is 0.242 e. The van der Waals surface area contributed by atoms with Gasteiger partial charge < -0.3 is 14.9 Å². The first kappa shape index (κ1) is 18.5. The first-order chi connectivity index (χ1) is 12.5. The van der Waals surface area contributed by atoms with Gasteiger partial charge >= 0.3 is 0 Å². The fraction of sp³-hybridized carbons (Fsp3) is 0.524. The normalized spacial score (nSPS) is 24.7. The standard InChI is InChI=1S/C21H26N2O3/c1-4-19(25)22-11-17-21(18(13-24)23(17)20(26)12-22)16-9-7-15(8-10-16)6-5-14(2)3/h7-10,14,17-18,21,24H,4,11-13H2,1-3H3/t17-,18+,21-/m0/s1. The third-order valence-corrected chi connectivity index (χ3v) is 5.21. The summed E-state index contributed by atoms with van der Waals surface area (Å²) in [4.78, 5) is 27.9. The maximum absolute atomic E-state index is 12.4. The van der Waals surface area contributed by atoms with Gasteiger partial charge in [-0.05, 0) is 17.7 Å². The minimum absolute atomic E-state index is 0.00325. The zero-order valence-corrected chi connectivity index (χ0v) is 15.6. The van der Waals surface area contributed by atoms with Gasteiger partial charge in [0.1, 0.15) is 0 Å². The van der Waals surface area contributed by atoms with Crippen LogP contribution in [0.2, 0.25) is 0 Å². The number of aliphatic hydroxyl groups is 1. The van der Waals surface area contributed by atoms with Gasteiger partial charge in [-0.3, -0.25) is 9.59 Å². The van der Waals surface area contributed by atoms with Crippen LogP contribution in [0, 0.1) is 17.8 Å². The lowest BCUT2D eigenvalue weighted by Crippen LogP contribution is -2.73. The van der Waals surface area contributed by atoms with E-state index in [0.29, 0.717) is 18.9 Å². The van der Waals surface area contributed by atoms with E-state index in [2.05, 4.69) is 25.7 Å². The van der Waals surface area contributed by atoms with Crippen molar-refractivity contribution in [1.29, 1.82) is 0 Å². The molecule has 0 bridgehead atoms. The highest BCUT2D eigenvalue weighted by Crippen LogP contribution is 2.42. The molecule has 0 saturated carbocycles. The summed E-state index contributed by atoms with van der Waals surface area (Å²) in [5.74, 6) is 6.59. The van der Waals surface area contributed by atoms with E-state index in [1.54, 1.807) is 9.80 Å². The number of hydrogen-bond acceptors (Lipinski definition) is 3. The first-order valence-corrected chi connectivity index (χ1v) is 9.27. The zero-order valence-electron chi connectivity index (χ0n) is 15.6. The van der Waals surface area contributed by atoms with Crippen LogP contribution < -0.4 is 0 Å². The maximum Gasteiger partial charge on any atom is 0.242 e. The zero-order chi connectivity index (χ0) is 18.8. The van der Waals surface area contributed by atoms with Crippen molar-refractivity contribution in [2.24, 2.45) is 5.92 Å². The molecule has 2 amide bonds. The molecule has 2 fully saturated rings. The molecule has 2 aliphatic heterocycles. The number of carbonyl (C=O) groups excluding carboxylic acids is 2. The molecular weight excluding hydrogens is 328 g/mol. The minimum Gasteiger partial charge on any atom is -0.394 e. The van der Waals surface area contributed by atoms with Crippen molar-refractivity contribution in [2.75, 3.05) is 19.7 Å². The lowest BCUT2D eigenvalue weighted by molar-refractivity contribution is -0.166. The molecule has 1 aromatic rings. The molecule has 0 radical (unpaired) electrons. The van der Waals surface area contributed by atoms with Gasteiger partial charge in [0, 0.05) is 30.4 Å². The van der Waals surface area contributed by atoms with Crippen LogP contribution in [0.5, 0.6) is 0 Å². The Labute approximate surface area is 155 Å². The van der Waals surface area contributed by atoms with Crippen LogP contribution in [-0.4, -0.2) is 58.5 Å². The van der Waals surface area contributed by atoms with Gasteiger partial charge in [0.25, 0.3) is 0 Å². The van der Waals surface area contributed by atoms with Crippen molar-refractivity contribution in [3.05, 3.63) is 35.4 Å². The van der Waals surface area contributed by atoms with Crippen molar-refractivity contribution in [2.45, 2.75) is 45.2 Å². The quantitative estimate of drug-likeness (QED) is 0.839. The molecule has 0 aliphatic carbocycles. The highest BCUT2D eigenvalue weighted by atomic mass is 16.3. The van der Waals surface area contributed by atoms with Crippen LogP contribution in [0.4, 0.5) is 0 Å². The molecule has 138 valence electrons. The summed E-state index contributed by atoms with van der Waals surface area (Å²) in [6.45, 7) is 6.51. The van der Waals surface area contributed by atoms with Gasteiger partial charge in [-0.2, -0.15) is 0 Å². The third kappa shape index (κ3) is 3.34. The molecule has 0 spiro atoms. The number of fused-ring (bicyclic) bond motifs is 1. The van der Waals surface area contributed by atoms with Gasteiger partial charge in [-0.25, -0.2) is 0 Å². The number of benzene rings is 1. The van der Waals surface area contributed by atoms with E-state index in [1.807, 2.05) is 31.2 Å². The molecule has 3 rings (SSSR count). The minimum atomic E-state index is -0.209.